The molecule has 0 aromatic heterocycles. The Labute approximate surface area is 79.1 Å². The fraction of sp³-hybridized carbons (Fsp3) is 0.800. The maximum absolute atomic E-state index is 11.6. The lowest BCUT2D eigenvalue weighted by Crippen LogP contribution is -2.39. The third-order valence-electron chi connectivity index (χ3n) is 2.88. The normalized spacial score (nSPS) is 30.0. The Morgan fingerprint density at radius 3 is 2.62 bits per heavy atom. The summed E-state index contributed by atoms with van der Waals surface area (Å²) < 4.78 is 0. The van der Waals surface area contributed by atoms with Gasteiger partial charge >= 0.3 is 0 Å². The summed E-state index contributed by atoms with van der Waals surface area (Å²) in [6.07, 6.45) is 1.62. The van der Waals surface area contributed by atoms with Gasteiger partial charge in [0, 0.05) is 6.04 Å². The molecule has 72 valence electrons. The summed E-state index contributed by atoms with van der Waals surface area (Å²) in [6, 6.07) is 2.38. The molecule has 3 nitrogen and oxygen atoms in total. The van der Waals surface area contributed by atoms with Crippen molar-refractivity contribution in [3.05, 3.63) is 0 Å². The van der Waals surface area contributed by atoms with Crippen LogP contribution in [0.3, 0.4) is 0 Å². The van der Waals surface area contributed by atoms with E-state index in [2.05, 4.69) is 18.3 Å². The molecule has 1 aliphatic rings. The number of hydrogen-bond donors (Lipinski definition) is 1. The molecule has 1 saturated carbocycles. The van der Waals surface area contributed by atoms with Gasteiger partial charge in [0.05, 0.1) is 6.07 Å². The Bertz CT molecular complexity index is 256. The molecule has 0 spiro atoms. The van der Waals surface area contributed by atoms with E-state index in [0.29, 0.717) is 18.4 Å². The summed E-state index contributed by atoms with van der Waals surface area (Å²) in [5, 5.41) is 11.7. The van der Waals surface area contributed by atoms with E-state index in [1.54, 1.807) is 6.92 Å². The zero-order valence-corrected chi connectivity index (χ0v) is 8.42. The van der Waals surface area contributed by atoms with Crippen molar-refractivity contribution in [2.45, 2.75) is 39.7 Å². The lowest BCUT2D eigenvalue weighted by molar-refractivity contribution is -0.127. The second-order valence-corrected chi connectivity index (χ2v) is 4.09. The van der Waals surface area contributed by atoms with Gasteiger partial charge in [-0.15, -0.1) is 0 Å². The number of carbonyl (C=O) groups excluding carboxylic acids is 1. The molecule has 0 heterocycles. The van der Waals surface area contributed by atoms with Crippen LogP contribution in [-0.2, 0) is 4.79 Å². The molecule has 0 aromatic rings. The number of rotatable bonds is 3. The minimum atomic E-state index is -0.845. The summed E-state index contributed by atoms with van der Waals surface area (Å²) >= 11 is 0. The Balaban J connectivity index is 2.51. The SMILES string of the molecule is CCC(C)(C#N)C(=O)NC1CC1C. The van der Waals surface area contributed by atoms with E-state index in [1.165, 1.54) is 0 Å². The van der Waals surface area contributed by atoms with E-state index in [4.69, 9.17) is 5.26 Å². The van der Waals surface area contributed by atoms with E-state index >= 15 is 0 Å². The van der Waals surface area contributed by atoms with Crippen molar-refractivity contribution in [3.8, 4) is 6.07 Å². The van der Waals surface area contributed by atoms with Gasteiger partial charge in [-0.1, -0.05) is 13.8 Å². The van der Waals surface area contributed by atoms with Crippen LogP contribution in [0, 0.1) is 22.7 Å². The molecule has 13 heavy (non-hydrogen) atoms. The van der Waals surface area contributed by atoms with Gasteiger partial charge < -0.3 is 5.32 Å². The van der Waals surface area contributed by atoms with Gasteiger partial charge in [-0.25, -0.2) is 0 Å². The second kappa shape index (κ2) is 3.37. The maximum atomic E-state index is 11.6. The van der Waals surface area contributed by atoms with E-state index < -0.39 is 5.41 Å². The minimum Gasteiger partial charge on any atom is -0.352 e. The lowest BCUT2D eigenvalue weighted by Gasteiger charge is -2.18. The first-order valence-electron chi connectivity index (χ1n) is 4.75. The van der Waals surface area contributed by atoms with E-state index in [1.807, 2.05) is 6.92 Å². The summed E-state index contributed by atoms with van der Waals surface area (Å²) in [7, 11) is 0. The third-order valence-corrected chi connectivity index (χ3v) is 2.88. The quantitative estimate of drug-likeness (QED) is 0.714. The highest BCUT2D eigenvalue weighted by Gasteiger charge is 2.39. The van der Waals surface area contributed by atoms with E-state index in [-0.39, 0.29) is 5.91 Å². The molecule has 1 fully saturated rings. The van der Waals surface area contributed by atoms with Crippen LogP contribution < -0.4 is 5.32 Å². The van der Waals surface area contributed by atoms with Crippen molar-refractivity contribution in [1.82, 2.24) is 5.32 Å². The van der Waals surface area contributed by atoms with Crippen LogP contribution in [0.15, 0.2) is 0 Å². The molecular weight excluding hydrogens is 164 g/mol. The molecule has 0 radical (unpaired) electrons. The maximum Gasteiger partial charge on any atom is 0.240 e. The van der Waals surface area contributed by atoms with Gasteiger partial charge in [0.1, 0.15) is 5.41 Å². The standard InChI is InChI=1S/C10H16N2O/c1-4-10(3,6-11)9(13)12-8-5-7(8)2/h7-8H,4-5H2,1-3H3,(H,12,13). The highest BCUT2D eigenvalue weighted by molar-refractivity contribution is 5.85. The molecule has 1 N–H and O–H groups in total. The van der Waals surface area contributed by atoms with Crippen LogP contribution in [0.1, 0.15) is 33.6 Å². The van der Waals surface area contributed by atoms with Gasteiger partial charge in [0.15, 0.2) is 0 Å². The lowest BCUT2D eigenvalue weighted by atomic mass is 9.88. The highest BCUT2D eigenvalue weighted by atomic mass is 16.2. The number of carbonyl (C=O) groups is 1. The summed E-state index contributed by atoms with van der Waals surface area (Å²) in [4.78, 5) is 11.6. The zero-order valence-electron chi connectivity index (χ0n) is 8.42. The molecule has 0 aromatic carbocycles. The summed E-state index contributed by atoms with van der Waals surface area (Å²) in [5.74, 6) is 0.468. The van der Waals surface area contributed by atoms with Crippen molar-refractivity contribution in [3.63, 3.8) is 0 Å². The van der Waals surface area contributed by atoms with Gasteiger partial charge in [-0.2, -0.15) is 5.26 Å². The second-order valence-electron chi connectivity index (χ2n) is 4.09. The number of nitriles is 1. The Kier molecular flexibility index (Phi) is 2.60. The molecule has 3 unspecified atom stereocenters. The predicted molar refractivity (Wildman–Crippen MR) is 49.7 cm³/mol. The van der Waals surface area contributed by atoms with Crippen LogP contribution in [0.2, 0.25) is 0 Å². The molecule has 0 saturated heterocycles. The number of nitrogens with one attached hydrogen (secondary N) is 1. The van der Waals surface area contributed by atoms with Crippen LogP contribution >= 0.6 is 0 Å². The van der Waals surface area contributed by atoms with Crippen molar-refractivity contribution in [1.29, 1.82) is 5.26 Å². The number of amides is 1. The Morgan fingerprint density at radius 1 is 1.77 bits per heavy atom. The monoisotopic (exact) mass is 180 g/mol. The molecule has 3 atom stereocenters. The van der Waals surface area contributed by atoms with Crippen molar-refractivity contribution in [2.75, 3.05) is 0 Å². The zero-order chi connectivity index (χ0) is 10.1. The van der Waals surface area contributed by atoms with Crippen molar-refractivity contribution in [2.24, 2.45) is 11.3 Å². The first-order valence-corrected chi connectivity index (χ1v) is 4.75. The Hall–Kier alpha value is -1.04. The highest BCUT2D eigenvalue weighted by Crippen LogP contribution is 2.31. The molecule has 1 aliphatic carbocycles. The molecule has 3 heteroatoms. The van der Waals surface area contributed by atoms with Crippen LogP contribution in [0.4, 0.5) is 0 Å². The topological polar surface area (TPSA) is 52.9 Å². The molecule has 1 rings (SSSR count). The first-order chi connectivity index (χ1) is 6.03. The molecule has 1 amide bonds. The van der Waals surface area contributed by atoms with E-state index in [9.17, 15) is 4.79 Å². The number of hydrogen-bond acceptors (Lipinski definition) is 2. The van der Waals surface area contributed by atoms with Gasteiger partial charge in [-0.3, -0.25) is 4.79 Å². The summed E-state index contributed by atoms with van der Waals surface area (Å²) in [5.41, 5.74) is -0.845. The van der Waals surface area contributed by atoms with Gasteiger partial charge in [-0.05, 0) is 25.7 Å². The molecule has 0 bridgehead atoms. The third kappa shape index (κ3) is 2.00. The number of nitrogens with zero attached hydrogens (tertiary/aromatic N) is 1. The molecule has 0 aliphatic heterocycles. The smallest absolute Gasteiger partial charge is 0.240 e. The largest absolute Gasteiger partial charge is 0.352 e. The molecular formula is C10H16N2O. The van der Waals surface area contributed by atoms with Gasteiger partial charge in [0.2, 0.25) is 5.91 Å². The van der Waals surface area contributed by atoms with Crippen molar-refractivity contribution < 1.29 is 4.79 Å². The van der Waals surface area contributed by atoms with Crippen LogP contribution in [0.5, 0.6) is 0 Å². The van der Waals surface area contributed by atoms with Crippen molar-refractivity contribution >= 4 is 5.91 Å². The van der Waals surface area contributed by atoms with Crippen LogP contribution in [-0.4, -0.2) is 11.9 Å². The van der Waals surface area contributed by atoms with Gasteiger partial charge in [0.25, 0.3) is 0 Å². The fourth-order valence-corrected chi connectivity index (χ4v) is 1.14. The summed E-state index contributed by atoms with van der Waals surface area (Å²) in [6.45, 7) is 5.65. The average molecular weight is 180 g/mol. The first kappa shape index (κ1) is 10.0. The van der Waals surface area contributed by atoms with Crippen LogP contribution in [0.25, 0.3) is 0 Å². The minimum absolute atomic E-state index is 0.119. The average Bonchev–Trinajstić information content (AvgIpc) is 2.80. The Morgan fingerprint density at radius 2 is 2.31 bits per heavy atom. The van der Waals surface area contributed by atoms with E-state index in [0.717, 1.165) is 6.42 Å². The fourth-order valence-electron chi connectivity index (χ4n) is 1.14. The predicted octanol–water partition coefficient (Wildman–Crippen LogP) is 1.45.